The zero-order valence-corrected chi connectivity index (χ0v) is 43.7. The normalized spacial score (nSPS) is 13.0. The first-order valence-electron chi connectivity index (χ1n) is 23.9. The average Bonchev–Trinajstić information content (AvgIpc) is 3.88. The largest absolute Gasteiger partial charge is 0.332 e. The topological polar surface area (TPSA) is 43.6 Å². The summed E-state index contributed by atoms with van der Waals surface area (Å²) in [5.41, 5.74) is 12.0. The summed E-state index contributed by atoms with van der Waals surface area (Å²) in [4.78, 5) is 14.6. The van der Waals surface area contributed by atoms with E-state index in [-0.39, 0.29) is 31.3 Å². The Hall–Kier alpha value is -5.57. The molecule has 4 nitrogen and oxygen atoms in total. The van der Waals surface area contributed by atoms with Crippen molar-refractivity contribution in [2.45, 2.75) is 70.0 Å². The monoisotopic (exact) mass is 1130 g/mol. The van der Waals surface area contributed by atoms with Gasteiger partial charge < -0.3 is 4.57 Å². The van der Waals surface area contributed by atoms with Crippen molar-refractivity contribution in [1.82, 2.24) is 19.5 Å². The van der Waals surface area contributed by atoms with Crippen LogP contribution in [0.15, 0.2) is 152 Å². The van der Waals surface area contributed by atoms with Gasteiger partial charge in [-0.2, -0.15) is 11.3 Å². The molecule has 0 N–H and O–H groups in total. The number of aryl methyl sites for hydroxylation is 1. The van der Waals surface area contributed by atoms with Gasteiger partial charge in [0.2, 0.25) is 0 Å². The van der Waals surface area contributed by atoms with E-state index in [2.05, 4.69) is 108 Å². The van der Waals surface area contributed by atoms with Gasteiger partial charge in [0, 0.05) is 46.2 Å². The Bertz CT molecular complexity index is 3420. The average molecular weight is 1130 g/mol. The van der Waals surface area contributed by atoms with Crippen molar-refractivity contribution >= 4 is 60.3 Å². The van der Waals surface area contributed by atoms with Gasteiger partial charge >= 0.3 is 120 Å². The summed E-state index contributed by atoms with van der Waals surface area (Å²) in [6.45, 7) is 8.20. The van der Waals surface area contributed by atoms with Crippen LogP contribution in [-0.2, 0) is 25.5 Å². The van der Waals surface area contributed by atoms with E-state index in [4.69, 9.17) is 15.5 Å². The fourth-order valence-corrected chi connectivity index (χ4v) is 11.5. The van der Waals surface area contributed by atoms with E-state index < -0.39 is 26.0 Å². The van der Waals surface area contributed by atoms with Gasteiger partial charge in [-0.15, -0.1) is 18.2 Å². The molecule has 0 bridgehead atoms. The second kappa shape index (κ2) is 19.0. The third kappa shape index (κ3) is 9.50. The number of pyridine rings is 2. The van der Waals surface area contributed by atoms with Crippen molar-refractivity contribution in [3.8, 4) is 50.6 Å². The van der Waals surface area contributed by atoms with Crippen LogP contribution in [0.25, 0.3) is 81.9 Å². The van der Waals surface area contributed by atoms with Gasteiger partial charge in [0.25, 0.3) is 0 Å². The molecule has 8 heteroatoms. The van der Waals surface area contributed by atoms with Crippen molar-refractivity contribution < 1.29 is 30.0 Å². The fraction of sp³-hybridized carbons (Fsp3) is 0.190. The predicted molar refractivity (Wildman–Crippen MR) is 276 cm³/mol. The van der Waals surface area contributed by atoms with Crippen molar-refractivity contribution in [3.05, 3.63) is 187 Å². The maximum Gasteiger partial charge on any atom is 0.125 e. The number of imidazole rings is 1. The molecule has 0 amide bonds. The molecule has 1 radical (unpaired) electrons. The number of nitrogens with zero attached hydrogens (tertiary/aromatic N) is 4. The third-order valence-electron chi connectivity index (χ3n) is 11.8. The Labute approximate surface area is 414 Å². The van der Waals surface area contributed by atoms with Gasteiger partial charge in [-0.25, -0.2) is 4.39 Å². The summed E-state index contributed by atoms with van der Waals surface area (Å²) >= 11 is -0.166. The van der Waals surface area contributed by atoms with Crippen LogP contribution in [0.5, 0.6) is 0 Å². The van der Waals surface area contributed by atoms with Crippen molar-refractivity contribution in [2.24, 2.45) is 0 Å². The number of fused-ring (bicyclic) bond motifs is 4. The molecule has 0 aliphatic rings. The molecular weight excluding hydrogens is 1070 g/mol. The number of para-hydroxylation sites is 1. The number of rotatable bonds is 7. The van der Waals surface area contributed by atoms with Crippen LogP contribution < -0.4 is 4.40 Å². The standard InChI is InChI=1S/C41H31FN3S.C17H22GeN.Ir/c1-25-16-18-26(19-17-25)28-22-36-37(43-24-28)31-13-8-14-32(39(31)46-36)40-44-34-21-20-29(42)23-35(34)45(40)38-30(27-10-6-5-7-11-27)12-9-15-33(38)41(2,3)4;1-13(2)14-6-8-15(9-7-14)17-11-10-16(12-19-17)18(3,4)5;/h5-13,15-24H,1-4H3;6-8,10-13H,1-5H3;/q2*-1;/i1D3;13D;. The first-order chi connectivity index (χ1) is 32.6. The number of halogens is 1. The van der Waals surface area contributed by atoms with Crippen molar-refractivity contribution in [2.75, 3.05) is 0 Å². The van der Waals surface area contributed by atoms with Crippen LogP contribution in [0.3, 0.4) is 0 Å². The summed E-state index contributed by atoms with van der Waals surface area (Å²) < 4.78 is 51.7. The van der Waals surface area contributed by atoms with Crippen LogP contribution >= 0.6 is 11.3 Å². The first kappa shape index (κ1) is 41.8. The summed E-state index contributed by atoms with van der Waals surface area (Å²) in [6.07, 6.45) is 3.85. The predicted octanol–water partition coefficient (Wildman–Crippen LogP) is 15.5. The Balaban J connectivity index is 0.000000264. The van der Waals surface area contributed by atoms with Gasteiger partial charge in [0.15, 0.2) is 0 Å². The number of hydrogen-bond acceptors (Lipinski definition) is 4. The van der Waals surface area contributed by atoms with E-state index in [9.17, 15) is 0 Å². The van der Waals surface area contributed by atoms with Gasteiger partial charge in [0.1, 0.15) is 5.82 Å². The first-order valence-corrected chi connectivity index (χ1v) is 30.0. The van der Waals surface area contributed by atoms with Crippen LogP contribution in [-0.4, -0.2) is 32.8 Å². The van der Waals surface area contributed by atoms with E-state index in [1.807, 2.05) is 86.9 Å². The minimum Gasteiger partial charge on any atom is -0.332 e. The molecule has 0 atom stereocenters. The number of thiophene rings is 1. The van der Waals surface area contributed by atoms with Gasteiger partial charge in [0.05, 0.1) is 28.1 Å². The Morgan fingerprint density at radius 3 is 2.24 bits per heavy atom. The van der Waals surface area contributed by atoms with Crippen LogP contribution in [0.1, 0.15) is 62.7 Å². The minimum atomic E-state index is -2.16. The van der Waals surface area contributed by atoms with E-state index in [0.717, 1.165) is 76.2 Å². The Kier molecular flexibility index (Phi) is 12.0. The molecular formula is C58H53FGeIrN4S-2. The zero-order valence-electron chi connectivity index (χ0n) is 42.3. The summed E-state index contributed by atoms with van der Waals surface area (Å²) in [5.74, 6) is 6.87. The molecule has 4 aromatic heterocycles. The third-order valence-corrected chi connectivity index (χ3v) is 17.2. The molecule has 6 aromatic carbocycles. The number of hydrogen-bond donors (Lipinski definition) is 0. The van der Waals surface area contributed by atoms with Crippen LogP contribution in [0, 0.1) is 24.8 Å². The van der Waals surface area contributed by atoms with E-state index >= 15 is 4.39 Å². The minimum absolute atomic E-state index is 0. The molecule has 0 unspecified atom stereocenters. The van der Waals surface area contributed by atoms with E-state index in [1.54, 1.807) is 35.6 Å². The van der Waals surface area contributed by atoms with Crippen molar-refractivity contribution in [1.29, 1.82) is 0 Å². The smallest absolute Gasteiger partial charge is 0.125 e. The quantitative estimate of drug-likeness (QED) is 0.118. The van der Waals surface area contributed by atoms with Gasteiger partial charge in [-0.1, -0.05) is 110 Å². The Morgan fingerprint density at radius 1 is 0.788 bits per heavy atom. The Morgan fingerprint density at radius 2 is 1.58 bits per heavy atom. The molecule has 0 saturated carbocycles. The van der Waals surface area contributed by atoms with E-state index in [0.29, 0.717) is 22.4 Å². The molecule has 10 aromatic rings. The molecule has 66 heavy (non-hydrogen) atoms. The molecule has 4 heterocycles. The molecule has 0 aliphatic heterocycles. The van der Waals surface area contributed by atoms with Crippen molar-refractivity contribution in [3.63, 3.8) is 0 Å². The van der Waals surface area contributed by atoms with Gasteiger partial charge in [-0.05, 0) is 57.9 Å². The van der Waals surface area contributed by atoms with Crippen LogP contribution in [0.4, 0.5) is 4.39 Å². The summed E-state index contributed by atoms with van der Waals surface area (Å²) in [7, 11) is 0. The zero-order chi connectivity index (χ0) is 49.0. The van der Waals surface area contributed by atoms with Gasteiger partial charge in [-0.3, -0.25) is 9.97 Å². The molecule has 333 valence electrons. The molecule has 0 fully saturated rings. The van der Waals surface area contributed by atoms with E-state index in [1.165, 1.54) is 10.5 Å². The number of benzene rings is 6. The van der Waals surface area contributed by atoms with Crippen LogP contribution in [0.2, 0.25) is 17.3 Å². The molecule has 0 spiro atoms. The summed E-state index contributed by atoms with van der Waals surface area (Å²) in [5, 5.41) is 0.982. The fourth-order valence-electron chi connectivity index (χ4n) is 8.17. The molecule has 0 aliphatic carbocycles. The molecule has 10 rings (SSSR count). The maximum atomic E-state index is 15.1. The number of aromatic nitrogens is 4. The summed E-state index contributed by atoms with van der Waals surface area (Å²) in [6, 6.07) is 51.3. The maximum absolute atomic E-state index is 15.1. The molecule has 0 saturated heterocycles. The second-order valence-corrected chi connectivity index (χ2v) is 30.4. The SMILES string of the molecule is [2H]C(C)(C)c1c[c-]c(-c2cc[c]([Ge]([CH3])([CH3])[CH3])cn2)cc1.[2H]C([2H])([2H])c1ccc(-c2cnc3c(c2)sc2c(-c4nc5ccc(F)cc5n4-c4c(-c5ccccc5)cccc4C(C)(C)C)[c-]ccc23)cc1.[Ir]. The second-order valence-electron chi connectivity index (χ2n) is 18.7.